The monoisotopic (exact) mass is 411 g/mol. The first-order chi connectivity index (χ1) is 12.8. The Morgan fingerprint density at radius 1 is 1.07 bits per heavy atom. The van der Waals surface area contributed by atoms with E-state index >= 15 is 0 Å². The Bertz CT molecular complexity index is 938. The maximum atomic E-state index is 13.6. The van der Waals surface area contributed by atoms with Gasteiger partial charge in [-0.3, -0.25) is 4.57 Å². The molecule has 0 spiro atoms. The number of hydrogen-bond donors (Lipinski definition) is 0. The van der Waals surface area contributed by atoms with Gasteiger partial charge in [-0.05, 0) is 30.2 Å². The van der Waals surface area contributed by atoms with Crippen molar-refractivity contribution >= 4 is 23.4 Å². The molecule has 1 heterocycles. The number of rotatable bonds is 5. The molecule has 0 radical (unpaired) electrons. The fourth-order valence-corrected chi connectivity index (χ4v) is 3.63. The average molecular weight is 412 g/mol. The normalized spacial score (nSPS) is 12.0. The molecule has 0 atom stereocenters. The Labute approximate surface area is 164 Å². The Hall–Kier alpha value is -1.99. The van der Waals surface area contributed by atoms with Crippen LogP contribution in [0.4, 0.5) is 13.2 Å². The van der Waals surface area contributed by atoms with E-state index in [1.54, 1.807) is 30.3 Å². The van der Waals surface area contributed by atoms with Crippen LogP contribution < -0.4 is 0 Å². The highest BCUT2D eigenvalue weighted by atomic mass is 35.5. The smallest absolute Gasteiger partial charge is 0.269 e. The van der Waals surface area contributed by atoms with Gasteiger partial charge < -0.3 is 0 Å². The van der Waals surface area contributed by atoms with Gasteiger partial charge in [-0.15, -0.1) is 10.2 Å². The van der Waals surface area contributed by atoms with Crippen molar-refractivity contribution in [1.82, 2.24) is 14.8 Å². The van der Waals surface area contributed by atoms with Gasteiger partial charge in [0.1, 0.15) is 0 Å². The third kappa shape index (κ3) is 4.47. The van der Waals surface area contributed by atoms with Crippen molar-refractivity contribution in [3.8, 4) is 17.1 Å². The number of benzene rings is 2. The maximum absolute atomic E-state index is 13.6. The highest BCUT2D eigenvalue weighted by molar-refractivity contribution is 7.99. The molecule has 0 fully saturated rings. The third-order valence-corrected chi connectivity index (χ3v) is 5.30. The SMILES string of the molecule is CC(C)CSc1nnc(-c2cccc(Cl)c2)n1-c1ccccc1C(F)(F)F. The number of halogens is 4. The summed E-state index contributed by atoms with van der Waals surface area (Å²) in [7, 11) is 0. The Kier molecular flexibility index (Phi) is 5.81. The summed E-state index contributed by atoms with van der Waals surface area (Å²) in [4.78, 5) is 0. The lowest BCUT2D eigenvalue weighted by Gasteiger charge is -2.17. The largest absolute Gasteiger partial charge is 0.418 e. The lowest BCUT2D eigenvalue weighted by molar-refractivity contribution is -0.137. The van der Waals surface area contributed by atoms with Crippen molar-refractivity contribution < 1.29 is 13.2 Å². The number of thioether (sulfide) groups is 1. The molecule has 3 rings (SSSR count). The van der Waals surface area contributed by atoms with Gasteiger partial charge in [-0.25, -0.2) is 0 Å². The van der Waals surface area contributed by atoms with E-state index in [1.807, 2.05) is 13.8 Å². The number of para-hydroxylation sites is 1. The minimum Gasteiger partial charge on any atom is -0.269 e. The summed E-state index contributed by atoms with van der Waals surface area (Å²) in [6, 6.07) is 12.3. The molecule has 0 aliphatic heterocycles. The number of aromatic nitrogens is 3. The Morgan fingerprint density at radius 2 is 1.81 bits per heavy atom. The van der Waals surface area contributed by atoms with Crippen LogP contribution in [0, 0.1) is 5.92 Å². The maximum Gasteiger partial charge on any atom is 0.418 e. The first-order valence-electron chi connectivity index (χ1n) is 8.28. The second kappa shape index (κ2) is 7.94. The fourth-order valence-electron chi connectivity index (χ4n) is 2.54. The van der Waals surface area contributed by atoms with Crippen molar-refractivity contribution in [3.05, 3.63) is 59.1 Å². The first kappa shape index (κ1) is 19.8. The number of hydrogen-bond acceptors (Lipinski definition) is 3. The summed E-state index contributed by atoms with van der Waals surface area (Å²) in [5.74, 6) is 1.38. The van der Waals surface area contributed by atoms with Crippen LogP contribution in [0.3, 0.4) is 0 Å². The topological polar surface area (TPSA) is 30.7 Å². The van der Waals surface area contributed by atoms with E-state index in [-0.39, 0.29) is 5.69 Å². The molecule has 142 valence electrons. The van der Waals surface area contributed by atoms with E-state index in [9.17, 15) is 13.2 Å². The first-order valence-corrected chi connectivity index (χ1v) is 9.64. The molecule has 3 nitrogen and oxygen atoms in total. The van der Waals surface area contributed by atoms with Crippen LogP contribution in [0.1, 0.15) is 19.4 Å². The van der Waals surface area contributed by atoms with Crippen LogP contribution in [0.15, 0.2) is 53.7 Å². The zero-order valence-electron chi connectivity index (χ0n) is 14.7. The highest BCUT2D eigenvalue weighted by Crippen LogP contribution is 2.37. The van der Waals surface area contributed by atoms with Crippen LogP contribution >= 0.6 is 23.4 Å². The van der Waals surface area contributed by atoms with Crippen molar-refractivity contribution in [2.45, 2.75) is 25.2 Å². The summed E-state index contributed by atoms with van der Waals surface area (Å²) in [6.07, 6.45) is -4.49. The predicted molar refractivity (Wildman–Crippen MR) is 102 cm³/mol. The molecule has 0 saturated carbocycles. The van der Waals surface area contributed by atoms with Gasteiger partial charge in [0.05, 0.1) is 11.3 Å². The average Bonchev–Trinajstić information content (AvgIpc) is 3.03. The van der Waals surface area contributed by atoms with Crippen molar-refractivity contribution in [1.29, 1.82) is 0 Å². The van der Waals surface area contributed by atoms with Gasteiger partial charge in [-0.2, -0.15) is 13.2 Å². The van der Waals surface area contributed by atoms with E-state index in [0.717, 1.165) is 6.07 Å². The second-order valence-electron chi connectivity index (χ2n) is 6.37. The molecule has 2 aromatic carbocycles. The third-order valence-electron chi connectivity index (χ3n) is 3.71. The molecular formula is C19H17ClF3N3S. The van der Waals surface area contributed by atoms with Crippen molar-refractivity contribution in [2.24, 2.45) is 5.92 Å². The standard InChI is InChI=1S/C19H17ClF3N3S/c1-12(2)11-27-18-25-24-17(13-6-5-7-14(20)10-13)26(18)16-9-4-3-8-15(16)19(21,22)23/h3-10,12H,11H2,1-2H3. The molecule has 0 unspecified atom stereocenters. The van der Waals surface area contributed by atoms with Gasteiger partial charge >= 0.3 is 6.18 Å². The van der Waals surface area contributed by atoms with E-state index in [1.165, 1.54) is 28.5 Å². The predicted octanol–water partition coefficient (Wildman–Crippen LogP) is 6.35. The number of nitrogens with zero attached hydrogens (tertiary/aromatic N) is 3. The molecule has 0 N–H and O–H groups in total. The van der Waals surface area contributed by atoms with Crippen molar-refractivity contribution in [3.63, 3.8) is 0 Å². The van der Waals surface area contributed by atoms with Crippen LogP contribution in [0.25, 0.3) is 17.1 Å². The zero-order valence-corrected chi connectivity index (χ0v) is 16.2. The summed E-state index contributed by atoms with van der Waals surface area (Å²) < 4.78 is 42.3. The Morgan fingerprint density at radius 3 is 2.48 bits per heavy atom. The molecule has 0 bridgehead atoms. The van der Waals surface area contributed by atoms with E-state index < -0.39 is 11.7 Å². The molecule has 0 aliphatic rings. The lowest BCUT2D eigenvalue weighted by Crippen LogP contribution is -2.12. The van der Waals surface area contributed by atoms with Gasteiger partial charge in [0.2, 0.25) is 0 Å². The summed E-state index contributed by atoms with van der Waals surface area (Å²) in [6.45, 7) is 4.07. The zero-order chi connectivity index (χ0) is 19.6. The van der Waals surface area contributed by atoms with E-state index in [0.29, 0.717) is 33.2 Å². The van der Waals surface area contributed by atoms with Crippen LogP contribution in [-0.2, 0) is 6.18 Å². The minimum atomic E-state index is -4.49. The van der Waals surface area contributed by atoms with Crippen molar-refractivity contribution in [2.75, 3.05) is 5.75 Å². The molecule has 8 heteroatoms. The summed E-state index contributed by atoms with van der Waals surface area (Å²) in [5.41, 5.74) is -0.140. The van der Waals surface area contributed by atoms with Gasteiger partial charge in [0.15, 0.2) is 11.0 Å². The molecule has 0 saturated heterocycles. The molecule has 27 heavy (non-hydrogen) atoms. The molecule has 1 aromatic heterocycles. The van der Waals surface area contributed by atoms with E-state index in [2.05, 4.69) is 10.2 Å². The number of alkyl halides is 3. The molecule has 3 aromatic rings. The molecule has 0 amide bonds. The van der Waals surface area contributed by atoms with E-state index in [4.69, 9.17) is 11.6 Å². The second-order valence-corrected chi connectivity index (χ2v) is 7.80. The van der Waals surface area contributed by atoms with Crippen LogP contribution in [-0.4, -0.2) is 20.5 Å². The van der Waals surface area contributed by atoms with Gasteiger partial charge in [0.25, 0.3) is 0 Å². The molecular weight excluding hydrogens is 395 g/mol. The fraction of sp³-hybridized carbons (Fsp3) is 0.263. The highest BCUT2D eigenvalue weighted by Gasteiger charge is 2.35. The van der Waals surface area contributed by atoms with Gasteiger partial charge in [0, 0.05) is 16.3 Å². The summed E-state index contributed by atoms with van der Waals surface area (Å²) >= 11 is 7.44. The quantitative estimate of drug-likeness (QED) is 0.458. The molecule has 0 aliphatic carbocycles. The Balaban J connectivity index is 2.22. The van der Waals surface area contributed by atoms with Crippen LogP contribution in [0.5, 0.6) is 0 Å². The summed E-state index contributed by atoms with van der Waals surface area (Å²) in [5, 5.41) is 9.22. The van der Waals surface area contributed by atoms with Gasteiger partial charge in [-0.1, -0.05) is 61.5 Å². The van der Waals surface area contributed by atoms with Crippen LogP contribution in [0.2, 0.25) is 5.02 Å². The minimum absolute atomic E-state index is 0.00349. The lowest BCUT2D eigenvalue weighted by atomic mass is 10.1.